The normalized spacial score (nSPS) is 23.0. The van der Waals surface area contributed by atoms with E-state index in [2.05, 4.69) is 43.5 Å². The lowest BCUT2D eigenvalue weighted by Crippen LogP contribution is -2.58. The maximum atomic E-state index is 14.7. The topological polar surface area (TPSA) is 178 Å². The van der Waals surface area contributed by atoms with Crippen molar-refractivity contribution in [1.82, 2.24) is 34.5 Å². The van der Waals surface area contributed by atoms with Crippen LogP contribution in [0, 0.1) is 11.7 Å². The van der Waals surface area contributed by atoms with E-state index in [0.717, 1.165) is 12.5 Å². The Hall–Kier alpha value is -5.07. The van der Waals surface area contributed by atoms with Crippen LogP contribution in [0.25, 0.3) is 11.2 Å². The first-order chi connectivity index (χ1) is 27.3. The second-order valence-electron chi connectivity index (χ2n) is 15.8. The van der Waals surface area contributed by atoms with Crippen molar-refractivity contribution in [2.75, 3.05) is 11.9 Å². The minimum absolute atomic E-state index is 0.0519. The molecule has 5 atom stereocenters. The Labute approximate surface area is 334 Å². The van der Waals surface area contributed by atoms with Crippen LogP contribution in [0.3, 0.4) is 0 Å². The summed E-state index contributed by atoms with van der Waals surface area (Å²) in [5, 5.41) is 5.54. The fraction of sp³-hybridized carbons (Fsp3) is 0.538. The SMILES string of the molecule is C=CCCCCC[C@H](Nc1cc(F)cc(C(F)(F)F)c1)C(=O)N1C[C@H](Oc2nc3cncnc3n2C(C)C)C[C@H]1C(=O)N[C@]1(C(=O)NS(=O)(=O)C2(C)CC2)C[C@H]1C=C. The molecule has 1 saturated heterocycles. The molecular weight excluding hydrogens is 785 g/mol. The molecule has 2 aromatic heterocycles. The largest absolute Gasteiger partial charge is 0.459 e. The molecule has 3 N–H and O–H groups in total. The number of fused-ring (bicyclic) bond motifs is 1. The van der Waals surface area contributed by atoms with Gasteiger partial charge in [0.15, 0.2) is 5.65 Å². The number of imidazole rings is 1. The van der Waals surface area contributed by atoms with Crippen molar-refractivity contribution < 1.29 is 45.1 Å². The Morgan fingerprint density at radius 2 is 1.86 bits per heavy atom. The summed E-state index contributed by atoms with van der Waals surface area (Å²) in [7, 11) is -4.08. The molecule has 0 unspecified atom stereocenters. The number of carbonyl (C=O) groups excluding carboxylic acids is 3. The van der Waals surface area contributed by atoms with Gasteiger partial charge in [0, 0.05) is 24.1 Å². The van der Waals surface area contributed by atoms with E-state index in [4.69, 9.17) is 4.74 Å². The number of benzene rings is 1. The number of unbranched alkanes of at least 4 members (excludes halogenated alkanes) is 3. The van der Waals surface area contributed by atoms with Crippen LogP contribution in [-0.4, -0.2) is 85.6 Å². The molecule has 3 heterocycles. The van der Waals surface area contributed by atoms with Gasteiger partial charge in [-0.15, -0.1) is 13.2 Å². The Balaban J connectivity index is 1.32. The molecule has 3 aliphatic rings. The van der Waals surface area contributed by atoms with Gasteiger partial charge in [0.2, 0.25) is 21.8 Å². The van der Waals surface area contributed by atoms with Gasteiger partial charge in [0.05, 0.1) is 23.1 Å². The molecule has 0 bridgehead atoms. The molecule has 3 amide bonds. The molecule has 2 aliphatic carbocycles. The number of nitrogens with one attached hydrogen (secondary N) is 3. The highest BCUT2D eigenvalue weighted by Crippen LogP contribution is 2.47. The number of nitrogens with zero attached hydrogens (tertiary/aromatic N) is 5. The first-order valence-corrected chi connectivity index (χ1v) is 20.7. The molecule has 19 heteroatoms. The number of likely N-dealkylation sites (tertiary alicyclic amines) is 1. The fourth-order valence-corrected chi connectivity index (χ4v) is 8.64. The number of aromatic nitrogens is 4. The molecule has 1 aliphatic heterocycles. The van der Waals surface area contributed by atoms with Crippen LogP contribution in [0.4, 0.5) is 23.2 Å². The number of alkyl halides is 3. The first-order valence-electron chi connectivity index (χ1n) is 19.2. The Kier molecular flexibility index (Phi) is 11.9. The van der Waals surface area contributed by atoms with Crippen LogP contribution in [0.2, 0.25) is 0 Å². The number of carbonyl (C=O) groups is 3. The van der Waals surface area contributed by atoms with Gasteiger partial charge in [0.1, 0.15) is 41.4 Å². The quantitative estimate of drug-likeness (QED) is 0.0832. The van der Waals surface area contributed by atoms with E-state index in [9.17, 15) is 40.4 Å². The molecule has 0 spiro atoms. The zero-order chi connectivity index (χ0) is 42.2. The average Bonchev–Trinajstić information content (AvgIpc) is 3.99. The Morgan fingerprint density at radius 1 is 1.12 bits per heavy atom. The third kappa shape index (κ3) is 8.83. The molecule has 14 nitrogen and oxygen atoms in total. The number of sulfonamides is 1. The van der Waals surface area contributed by atoms with E-state index < -0.39 is 79.7 Å². The van der Waals surface area contributed by atoms with Crippen molar-refractivity contribution in [1.29, 1.82) is 0 Å². The average molecular weight is 833 g/mol. The second kappa shape index (κ2) is 16.3. The van der Waals surface area contributed by atoms with Gasteiger partial charge < -0.3 is 20.3 Å². The van der Waals surface area contributed by atoms with Crippen LogP contribution in [0.15, 0.2) is 56.0 Å². The number of amides is 3. The molecule has 3 fully saturated rings. The minimum Gasteiger partial charge on any atom is -0.459 e. The van der Waals surface area contributed by atoms with Crippen LogP contribution in [0.1, 0.15) is 90.2 Å². The summed E-state index contributed by atoms with van der Waals surface area (Å²) in [6.07, 6.45) is 3.63. The van der Waals surface area contributed by atoms with E-state index in [1.807, 2.05) is 13.8 Å². The zero-order valence-electron chi connectivity index (χ0n) is 32.5. The summed E-state index contributed by atoms with van der Waals surface area (Å²) in [4.78, 5) is 56.9. The molecule has 58 heavy (non-hydrogen) atoms. The first kappa shape index (κ1) is 42.5. The Bertz CT molecular complexity index is 2190. The predicted octanol–water partition coefficient (Wildman–Crippen LogP) is 5.59. The van der Waals surface area contributed by atoms with E-state index >= 15 is 0 Å². The van der Waals surface area contributed by atoms with E-state index in [1.54, 1.807) is 10.6 Å². The number of ether oxygens (including phenoxy) is 1. The van der Waals surface area contributed by atoms with Gasteiger partial charge in [-0.05, 0) is 77.5 Å². The van der Waals surface area contributed by atoms with Crippen LogP contribution >= 0.6 is 0 Å². The van der Waals surface area contributed by atoms with Gasteiger partial charge in [-0.1, -0.05) is 25.0 Å². The second-order valence-corrected chi connectivity index (χ2v) is 18.0. The lowest BCUT2D eigenvalue weighted by Gasteiger charge is -2.30. The van der Waals surface area contributed by atoms with Gasteiger partial charge in [-0.3, -0.25) is 23.7 Å². The predicted molar refractivity (Wildman–Crippen MR) is 206 cm³/mol. The lowest BCUT2D eigenvalue weighted by atomic mass is 10.0. The standard InChI is InChI=1S/C39H48F4N8O6S/c1-6-8-9-10-11-12-29(46-27-16-25(39(41,42)43)15-26(40)17-27)34(53)50-21-28(57-36-47-30-20-44-22-45-32(30)51(36)23(3)4)18-31(50)33(52)48-38(19-24(38)7-2)35(54)49-58(55,56)37(5)13-14-37/h6-7,15-17,20,22-24,28-29,31,46H,1-2,8-14,18-19,21H2,3-5H3,(H,48,52)(H,49,54)/t24-,28-,29+,31+,38-/m1/s1. The van der Waals surface area contributed by atoms with Crippen molar-refractivity contribution in [2.45, 2.75) is 119 Å². The van der Waals surface area contributed by atoms with E-state index in [-0.39, 0.29) is 43.5 Å². The number of halogens is 4. The maximum absolute atomic E-state index is 14.7. The van der Waals surface area contributed by atoms with Crippen molar-refractivity contribution in [3.8, 4) is 6.01 Å². The highest BCUT2D eigenvalue weighted by Gasteiger charge is 2.63. The fourth-order valence-electron chi connectivity index (χ4n) is 7.33. The molecule has 0 radical (unpaired) electrons. The number of hydrogen-bond donors (Lipinski definition) is 3. The minimum atomic E-state index is -4.87. The van der Waals surface area contributed by atoms with Crippen LogP contribution in [0.5, 0.6) is 6.01 Å². The highest BCUT2D eigenvalue weighted by atomic mass is 32.2. The van der Waals surface area contributed by atoms with Crippen molar-refractivity contribution in [2.24, 2.45) is 5.92 Å². The van der Waals surface area contributed by atoms with Gasteiger partial charge in [0.25, 0.3) is 11.9 Å². The van der Waals surface area contributed by atoms with Gasteiger partial charge in [-0.25, -0.2) is 22.8 Å². The third-order valence-electron chi connectivity index (χ3n) is 11.1. The number of rotatable bonds is 18. The Morgan fingerprint density at radius 3 is 2.50 bits per heavy atom. The van der Waals surface area contributed by atoms with Crippen molar-refractivity contribution in [3.05, 3.63) is 67.4 Å². The summed E-state index contributed by atoms with van der Waals surface area (Å²) >= 11 is 0. The van der Waals surface area contributed by atoms with Crippen LogP contribution < -0.4 is 20.1 Å². The summed E-state index contributed by atoms with van der Waals surface area (Å²) < 4.78 is 90.9. The monoisotopic (exact) mass is 832 g/mol. The molecule has 3 aromatic rings. The lowest BCUT2D eigenvalue weighted by molar-refractivity contribution is -0.140. The van der Waals surface area contributed by atoms with Crippen molar-refractivity contribution in [3.63, 3.8) is 0 Å². The molecule has 6 rings (SSSR count). The molecular formula is C39H48F4N8O6S. The zero-order valence-corrected chi connectivity index (χ0v) is 33.3. The molecule has 1 aromatic carbocycles. The molecule has 2 saturated carbocycles. The van der Waals surface area contributed by atoms with Gasteiger partial charge >= 0.3 is 6.18 Å². The number of hydrogen-bond acceptors (Lipinski definition) is 10. The van der Waals surface area contributed by atoms with Crippen LogP contribution in [-0.2, 0) is 30.6 Å². The number of allylic oxidation sites excluding steroid dienone is 1. The van der Waals surface area contributed by atoms with E-state index in [1.165, 1.54) is 30.4 Å². The summed E-state index contributed by atoms with van der Waals surface area (Å²) in [6, 6.07) is -0.648. The summed E-state index contributed by atoms with van der Waals surface area (Å²) in [6.45, 7) is 12.6. The van der Waals surface area contributed by atoms with Crippen molar-refractivity contribution >= 4 is 44.6 Å². The van der Waals surface area contributed by atoms with Gasteiger partial charge in [-0.2, -0.15) is 18.2 Å². The number of anilines is 1. The smallest absolute Gasteiger partial charge is 0.416 e. The summed E-state index contributed by atoms with van der Waals surface area (Å²) in [5.41, 5.74) is -2.29. The third-order valence-corrected chi connectivity index (χ3v) is 13.3. The summed E-state index contributed by atoms with van der Waals surface area (Å²) in [5.74, 6) is -4.19. The highest BCUT2D eigenvalue weighted by molar-refractivity contribution is 7.91. The molecule has 314 valence electrons. The van der Waals surface area contributed by atoms with E-state index in [0.29, 0.717) is 55.4 Å². The maximum Gasteiger partial charge on any atom is 0.416 e.